The number of piperidine rings is 2. The number of para-hydroxylation sites is 2. The van der Waals surface area contributed by atoms with Gasteiger partial charge >= 0.3 is 24.1 Å². The molecular weight excluding hydrogens is 993 g/mol. The Balaban J connectivity index is 0.000000254. The summed E-state index contributed by atoms with van der Waals surface area (Å²) in [4.78, 5) is 50.2. The van der Waals surface area contributed by atoms with E-state index >= 15 is 0 Å². The number of rotatable bonds is 11. The number of ether oxygens (including phenoxy) is 4. The number of anilines is 2. The molecule has 0 unspecified atom stereocenters. The first-order valence-corrected chi connectivity index (χ1v) is 26.6. The maximum atomic E-state index is 13.7. The summed E-state index contributed by atoms with van der Waals surface area (Å²) in [5.74, 6) is -0.744. The molecular formula is C50H65BrN4O12S2. The summed E-state index contributed by atoms with van der Waals surface area (Å²) in [6.07, 6.45) is 0.652. The number of amides is 2. The van der Waals surface area contributed by atoms with Gasteiger partial charge in [-0.3, -0.25) is 9.03 Å². The molecule has 0 radical (unpaired) electrons. The molecule has 6 rings (SSSR count). The molecule has 2 saturated heterocycles. The number of halogens is 1. The van der Waals surface area contributed by atoms with Crippen LogP contribution in [0.5, 0.6) is 0 Å². The van der Waals surface area contributed by atoms with Gasteiger partial charge in [0.2, 0.25) is 20.0 Å². The summed E-state index contributed by atoms with van der Waals surface area (Å²) in [5, 5.41) is -0.323. The van der Waals surface area contributed by atoms with Gasteiger partial charge in [0.15, 0.2) is 0 Å². The van der Waals surface area contributed by atoms with Gasteiger partial charge in [0.1, 0.15) is 11.2 Å². The second kappa shape index (κ2) is 25.3. The molecule has 0 aliphatic carbocycles. The summed E-state index contributed by atoms with van der Waals surface area (Å²) in [6.45, 7) is 12.4. The summed E-state index contributed by atoms with van der Waals surface area (Å²) >= 11 is 3.32. The highest BCUT2D eigenvalue weighted by molar-refractivity contribution is 9.08. The molecule has 69 heavy (non-hydrogen) atoms. The van der Waals surface area contributed by atoms with Crippen LogP contribution in [0.15, 0.2) is 109 Å². The molecule has 0 atom stereocenters. The Hall–Kier alpha value is -5.66. The van der Waals surface area contributed by atoms with Crippen molar-refractivity contribution in [3.05, 3.63) is 131 Å². The van der Waals surface area contributed by atoms with Crippen LogP contribution < -0.4 is 9.03 Å². The van der Waals surface area contributed by atoms with Crippen LogP contribution in [0.25, 0.3) is 0 Å². The third kappa shape index (κ3) is 17.7. The summed E-state index contributed by atoms with van der Waals surface area (Å²) in [7, 11) is -4.49. The third-order valence-corrected chi connectivity index (χ3v) is 15.4. The van der Waals surface area contributed by atoms with E-state index < -0.39 is 53.8 Å². The zero-order valence-corrected chi connectivity index (χ0v) is 43.8. The number of carbonyl (C=O) groups excluding carboxylic acids is 4. The van der Waals surface area contributed by atoms with E-state index in [9.17, 15) is 36.0 Å². The van der Waals surface area contributed by atoms with E-state index in [1.807, 2.05) is 45.0 Å². The molecule has 0 spiro atoms. The molecule has 1 N–H and O–H groups in total. The normalized spacial score (nSPS) is 14.7. The monoisotopic (exact) mass is 1060 g/mol. The van der Waals surface area contributed by atoms with Crippen LogP contribution in [0.4, 0.5) is 21.0 Å². The van der Waals surface area contributed by atoms with Crippen LogP contribution in [0.3, 0.4) is 0 Å². The minimum absolute atomic E-state index is 0.125. The first-order chi connectivity index (χ1) is 32.5. The van der Waals surface area contributed by atoms with Gasteiger partial charge in [-0.15, -0.1) is 0 Å². The molecule has 2 heterocycles. The molecule has 2 aliphatic rings. The van der Waals surface area contributed by atoms with Gasteiger partial charge in [0.25, 0.3) is 0 Å². The topological polar surface area (TPSA) is 195 Å². The summed E-state index contributed by atoms with van der Waals surface area (Å²) in [6, 6.07) is 31.7. The SMILES string of the molecule is CC(C)(C)OC(=O)N1CCC(S(=O)(=O)Nc2ccccc2)CC1.COC(=O)c1ccc(CBr)cc1.COC(=O)c1ccc(CN(c2ccccc2)S(=O)(=O)C2CCN(C(=O)OC(C)(C)C)CC2)cc1. The Labute approximate surface area is 415 Å². The number of hydrogen-bond acceptors (Lipinski definition) is 12. The molecule has 376 valence electrons. The van der Waals surface area contributed by atoms with E-state index in [0.717, 1.165) is 16.5 Å². The maximum Gasteiger partial charge on any atom is 0.410 e. The fraction of sp³-hybridized carbons (Fsp3) is 0.440. The average Bonchev–Trinajstić information content (AvgIpc) is 3.32. The zero-order chi connectivity index (χ0) is 51.0. The van der Waals surface area contributed by atoms with E-state index in [1.54, 1.807) is 116 Å². The molecule has 2 amide bonds. The Morgan fingerprint density at radius 1 is 0.594 bits per heavy atom. The van der Waals surface area contributed by atoms with Gasteiger partial charge < -0.3 is 28.7 Å². The highest BCUT2D eigenvalue weighted by Crippen LogP contribution is 2.29. The lowest BCUT2D eigenvalue weighted by molar-refractivity contribution is 0.0207. The van der Waals surface area contributed by atoms with Crippen molar-refractivity contribution in [3.63, 3.8) is 0 Å². The standard InChI is InChI=1S/C25H32N2O6S.C16H24N2O4S.C9H9BrO2/c1-25(2,3)33-24(29)26-16-14-22(15-17-26)34(30,31)27(21-8-6-5-7-9-21)18-19-10-12-20(13-11-19)23(28)32-4;1-16(2,3)22-15(19)18-11-9-14(10-12-18)23(20,21)17-13-7-5-4-6-8-13;1-12-9(11)8-4-2-7(6-10)3-5-8/h5-13,22H,14-18H2,1-4H3;4-8,14,17H,9-12H2,1-3H3;2-5H,6H2,1H3. The lowest BCUT2D eigenvalue weighted by Gasteiger charge is -2.36. The van der Waals surface area contributed by atoms with Gasteiger partial charge in [-0.05, 0) is 127 Å². The molecule has 0 saturated carbocycles. The van der Waals surface area contributed by atoms with Crippen molar-refractivity contribution in [1.82, 2.24) is 9.80 Å². The minimum atomic E-state index is -3.73. The van der Waals surface area contributed by atoms with E-state index in [4.69, 9.17) is 14.2 Å². The highest BCUT2D eigenvalue weighted by Gasteiger charge is 2.37. The lowest BCUT2D eigenvalue weighted by atomic mass is 10.1. The van der Waals surface area contributed by atoms with Gasteiger partial charge in [-0.1, -0.05) is 76.6 Å². The van der Waals surface area contributed by atoms with Crippen molar-refractivity contribution >= 4 is 71.5 Å². The minimum Gasteiger partial charge on any atom is -0.465 e. The van der Waals surface area contributed by atoms with Crippen LogP contribution >= 0.6 is 15.9 Å². The predicted molar refractivity (Wildman–Crippen MR) is 270 cm³/mol. The number of nitrogens with zero attached hydrogens (tertiary/aromatic N) is 3. The van der Waals surface area contributed by atoms with Gasteiger partial charge in [-0.2, -0.15) is 0 Å². The molecule has 16 nitrogen and oxygen atoms in total. The van der Waals surface area contributed by atoms with Gasteiger partial charge in [0, 0.05) is 37.2 Å². The van der Waals surface area contributed by atoms with Crippen LogP contribution in [0, 0.1) is 0 Å². The first-order valence-electron chi connectivity index (χ1n) is 22.5. The smallest absolute Gasteiger partial charge is 0.410 e. The Bertz CT molecular complexity index is 2500. The van der Waals surface area contributed by atoms with Crippen LogP contribution in [-0.2, 0) is 50.9 Å². The number of esters is 2. The largest absolute Gasteiger partial charge is 0.465 e. The predicted octanol–water partition coefficient (Wildman–Crippen LogP) is 9.41. The maximum absolute atomic E-state index is 13.7. The molecule has 2 aliphatic heterocycles. The quantitative estimate of drug-likeness (QED) is 0.0851. The van der Waals surface area contributed by atoms with Crippen LogP contribution in [0.1, 0.15) is 99.1 Å². The number of carbonyl (C=O) groups is 4. The number of methoxy groups -OCH3 is 2. The number of likely N-dealkylation sites (tertiary alicyclic amines) is 2. The van der Waals surface area contributed by atoms with Gasteiger partial charge in [-0.25, -0.2) is 36.0 Å². The molecule has 0 bridgehead atoms. The molecule has 4 aromatic carbocycles. The van der Waals surface area contributed by atoms with Crippen molar-refractivity contribution in [2.45, 2.75) is 101 Å². The Morgan fingerprint density at radius 3 is 1.38 bits per heavy atom. The number of hydrogen-bond donors (Lipinski definition) is 1. The summed E-state index contributed by atoms with van der Waals surface area (Å²) in [5.41, 5.74) is 2.84. The first kappa shape index (κ1) is 55.9. The van der Waals surface area contributed by atoms with Crippen molar-refractivity contribution in [2.24, 2.45) is 0 Å². The van der Waals surface area contributed by atoms with E-state index in [0.29, 0.717) is 74.4 Å². The number of sulfonamides is 2. The summed E-state index contributed by atoms with van der Waals surface area (Å²) < 4.78 is 76.3. The second-order valence-corrected chi connectivity index (χ2v) is 22.9. The third-order valence-electron chi connectivity index (χ3n) is 10.7. The number of nitrogens with one attached hydrogen (secondary N) is 1. The fourth-order valence-corrected chi connectivity index (χ4v) is 10.8. The molecule has 4 aromatic rings. The Kier molecular flexibility index (Phi) is 20.5. The van der Waals surface area contributed by atoms with Crippen LogP contribution in [0.2, 0.25) is 0 Å². The lowest BCUT2D eigenvalue weighted by Crippen LogP contribution is -2.48. The van der Waals surface area contributed by atoms with E-state index in [2.05, 4.69) is 25.4 Å². The second-order valence-electron chi connectivity index (χ2n) is 18.2. The van der Waals surface area contributed by atoms with Crippen molar-refractivity contribution in [2.75, 3.05) is 49.4 Å². The highest BCUT2D eigenvalue weighted by atomic mass is 79.9. The van der Waals surface area contributed by atoms with E-state index in [1.165, 1.54) is 18.5 Å². The zero-order valence-electron chi connectivity index (χ0n) is 40.6. The van der Waals surface area contributed by atoms with Crippen molar-refractivity contribution < 1.29 is 55.0 Å². The Morgan fingerprint density at radius 2 is 0.986 bits per heavy atom. The fourth-order valence-electron chi connectivity index (χ4n) is 7.07. The molecule has 19 heteroatoms. The van der Waals surface area contributed by atoms with Crippen molar-refractivity contribution in [3.8, 4) is 0 Å². The molecule has 2 fully saturated rings. The number of alkyl halides is 1. The molecule has 0 aromatic heterocycles. The van der Waals surface area contributed by atoms with Crippen molar-refractivity contribution in [1.29, 1.82) is 0 Å². The average molecular weight is 1060 g/mol. The number of benzene rings is 4. The van der Waals surface area contributed by atoms with E-state index in [-0.39, 0.29) is 18.6 Å². The van der Waals surface area contributed by atoms with Gasteiger partial charge in [0.05, 0.1) is 48.1 Å². The van der Waals surface area contributed by atoms with Crippen LogP contribution in [-0.4, -0.2) is 113 Å².